The molecule has 1 aromatic rings. The Morgan fingerprint density at radius 2 is 2.33 bits per heavy atom. The molecule has 1 heterocycles. The Hall–Kier alpha value is -1.40. The molecule has 15 heavy (non-hydrogen) atoms. The molecule has 0 saturated heterocycles. The van der Waals surface area contributed by atoms with Gasteiger partial charge in [-0.25, -0.2) is 9.78 Å². The zero-order valence-corrected chi connectivity index (χ0v) is 8.35. The first kappa shape index (κ1) is 11.7. The minimum Gasteiger partial charge on any atom is -0.476 e. The Morgan fingerprint density at radius 1 is 1.60 bits per heavy atom. The quantitative estimate of drug-likeness (QED) is 0.592. The molecule has 0 aromatic carbocycles. The molecule has 0 aliphatic heterocycles. The molecule has 0 aliphatic carbocycles. The van der Waals surface area contributed by atoms with Crippen LogP contribution < -0.4 is 11.5 Å². The summed E-state index contributed by atoms with van der Waals surface area (Å²) >= 11 is 0. The standard InChI is InChI=1S/C9H15N3O3/c10-4-2-1-3-6(11)8-12-7(5-15-8)9(13)14/h5-6H,1-4,10-11H2,(H,13,14)/t6-/m1/s1. The average Bonchev–Trinajstić information content (AvgIpc) is 2.66. The number of aromatic nitrogens is 1. The summed E-state index contributed by atoms with van der Waals surface area (Å²) in [7, 11) is 0. The highest BCUT2D eigenvalue weighted by atomic mass is 16.4. The molecular weight excluding hydrogens is 198 g/mol. The summed E-state index contributed by atoms with van der Waals surface area (Å²) in [5, 5.41) is 8.61. The highest BCUT2D eigenvalue weighted by Gasteiger charge is 2.15. The van der Waals surface area contributed by atoms with E-state index in [1.165, 1.54) is 0 Å². The van der Waals surface area contributed by atoms with Crippen LogP contribution in [0.2, 0.25) is 0 Å². The number of nitrogens with zero attached hydrogens (tertiary/aromatic N) is 1. The predicted octanol–water partition coefficient (Wildman–Crippen LogP) is 0.502. The molecule has 0 amide bonds. The van der Waals surface area contributed by atoms with Crippen LogP contribution in [0.15, 0.2) is 10.7 Å². The van der Waals surface area contributed by atoms with Gasteiger partial charge in [0.15, 0.2) is 5.69 Å². The van der Waals surface area contributed by atoms with Gasteiger partial charge in [-0.3, -0.25) is 0 Å². The van der Waals surface area contributed by atoms with Crippen LogP contribution in [0, 0.1) is 0 Å². The van der Waals surface area contributed by atoms with E-state index in [-0.39, 0.29) is 17.6 Å². The summed E-state index contributed by atoms with van der Waals surface area (Å²) < 4.78 is 4.97. The lowest BCUT2D eigenvalue weighted by Crippen LogP contribution is -2.12. The summed E-state index contributed by atoms with van der Waals surface area (Å²) in [6.07, 6.45) is 3.56. The van der Waals surface area contributed by atoms with E-state index in [0.717, 1.165) is 19.1 Å². The summed E-state index contributed by atoms with van der Waals surface area (Å²) in [5.41, 5.74) is 11.0. The molecule has 1 rings (SSSR count). The number of carboxylic acid groups (broad SMARTS) is 1. The maximum absolute atomic E-state index is 10.5. The Labute approximate surface area is 87.3 Å². The fraction of sp³-hybridized carbons (Fsp3) is 0.556. The predicted molar refractivity (Wildman–Crippen MR) is 53.3 cm³/mol. The maximum atomic E-state index is 10.5. The smallest absolute Gasteiger partial charge is 0.357 e. The van der Waals surface area contributed by atoms with Crippen molar-refractivity contribution in [3.63, 3.8) is 0 Å². The molecule has 5 N–H and O–H groups in total. The summed E-state index contributed by atoms with van der Waals surface area (Å²) in [6, 6.07) is -0.357. The van der Waals surface area contributed by atoms with Crippen molar-refractivity contribution in [3.8, 4) is 0 Å². The number of aromatic carboxylic acids is 1. The maximum Gasteiger partial charge on any atom is 0.357 e. The van der Waals surface area contributed by atoms with E-state index >= 15 is 0 Å². The van der Waals surface area contributed by atoms with Gasteiger partial charge in [0.25, 0.3) is 0 Å². The monoisotopic (exact) mass is 213 g/mol. The lowest BCUT2D eigenvalue weighted by atomic mass is 10.1. The van der Waals surface area contributed by atoms with Crippen LogP contribution in [0.5, 0.6) is 0 Å². The number of hydrogen-bond donors (Lipinski definition) is 3. The van der Waals surface area contributed by atoms with Crippen molar-refractivity contribution in [2.24, 2.45) is 11.5 Å². The number of oxazole rings is 1. The molecule has 0 bridgehead atoms. The van der Waals surface area contributed by atoms with Gasteiger partial charge in [0.05, 0.1) is 6.04 Å². The van der Waals surface area contributed by atoms with Crippen molar-refractivity contribution < 1.29 is 14.3 Å². The van der Waals surface area contributed by atoms with Gasteiger partial charge in [-0.2, -0.15) is 0 Å². The van der Waals surface area contributed by atoms with Crippen LogP contribution in [0.4, 0.5) is 0 Å². The number of nitrogens with two attached hydrogens (primary N) is 2. The molecule has 0 fully saturated rings. The summed E-state index contributed by atoms with van der Waals surface area (Å²) in [5.74, 6) is -0.844. The minimum atomic E-state index is -1.11. The van der Waals surface area contributed by atoms with Gasteiger partial charge in [-0.05, 0) is 19.4 Å². The summed E-state index contributed by atoms with van der Waals surface area (Å²) in [4.78, 5) is 14.3. The van der Waals surface area contributed by atoms with Crippen LogP contribution in [-0.4, -0.2) is 22.6 Å². The lowest BCUT2D eigenvalue weighted by molar-refractivity contribution is 0.0690. The van der Waals surface area contributed by atoms with Crippen molar-refractivity contribution in [2.45, 2.75) is 25.3 Å². The topological polar surface area (TPSA) is 115 Å². The molecule has 0 saturated carbocycles. The van der Waals surface area contributed by atoms with E-state index < -0.39 is 5.97 Å². The van der Waals surface area contributed by atoms with Crippen molar-refractivity contribution in [3.05, 3.63) is 17.8 Å². The molecule has 0 unspecified atom stereocenters. The van der Waals surface area contributed by atoms with E-state index in [1.807, 2.05) is 0 Å². The van der Waals surface area contributed by atoms with E-state index in [2.05, 4.69) is 4.98 Å². The minimum absolute atomic E-state index is 0.112. The third-order valence-corrected chi connectivity index (χ3v) is 2.03. The Bertz CT molecular complexity index is 324. The molecular formula is C9H15N3O3. The molecule has 1 aromatic heterocycles. The SMILES string of the molecule is NCCCC[C@@H](N)c1nc(C(=O)O)co1. The van der Waals surface area contributed by atoms with Crippen LogP contribution >= 0.6 is 0 Å². The second-order valence-electron chi connectivity index (χ2n) is 3.27. The fourth-order valence-corrected chi connectivity index (χ4v) is 1.19. The van der Waals surface area contributed by atoms with Gasteiger partial charge >= 0.3 is 5.97 Å². The van der Waals surface area contributed by atoms with Gasteiger partial charge < -0.3 is 21.0 Å². The van der Waals surface area contributed by atoms with Gasteiger partial charge in [0.1, 0.15) is 6.26 Å². The van der Waals surface area contributed by atoms with Gasteiger partial charge in [0.2, 0.25) is 5.89 Å². The number of unbranched alkanes of at least 4 members (excludes halogenated alkanes) is 1. The zero-order chi connectivity index (χ0) is 11.3. The summed E-state index contributed by atoms with van der Waals surface area (Å²) in [6.45, 7) is 0.624. The largest absolute Gasteiger partial charge is 0.476 e. The van der Waals surface area contributed by atoms with Crippen LogP contribution in [0.3, 0.4) is 0 Å². The van der Waals surface area contributed by atoms with Crippen molar-refractivity contribution >= 4 is 5.97 Å². The van der Waals surface area contributed by atoms with E-state index in [0.29, 0.717) is 13.0 Å². The van der Waals surface area contributed by atoms with Crippen LogP contribution in [0.25, 0.3) is 0 Å². The number of hydrogen-bond acceptors (Lipinski definition) is 5. The molecule has 0 radical (unpaired) electrons. The number of rotatable bonds is 6. The normalized spacial score (nSPS) is 12.7. The van der Waals surface area contributed by atoms with Crippen molar-refractivity contribution in [2.75, 3.05) is 6.54 Å². The highest BCUT2D eigenvalue weighted by Crippen LogP contribution is 2.15. The number of carbonyl (C=O) groups is 1. The van der Waals surface area contributed by atoms with Crippen molar-refractivity contribution in [1.82, 2.24) is 4.98 Å². The second kappa shape index (κ2) is 5.47. The first-order valence-electron chi connectivity index (χ1n) is 4.79. The molecule has 1 atom stereocenters. The molecule has 84 valence electrons. The lowest BCUT2D eigenvalue weighted by Gasteiger charge is -2.05. The van der Waals surface area contributed by atoms with E-state index in [9.17, 15) is 4.79 Å². The van der Waals surface area contributed by atoms with Crippen LogP contribution in [-0.2, 0) is 0 Å². The molecule has 0 aliphatic rings. The Morgan fingerprint density at radius 3 is 2.87 bits per heavy atom. The highest BCUT2D eigenvalue weighted by molar-refractivity contribution is 5.84. The van der Waals surface area contributed by atoms with Crippen LogP contribution in [0.1, 0.15) is 41.7 Å². The van der Waals surface area contributed by atoms with Gasteiger partial charge in [-0.1, -0.05) is 6.42 Å². The van der Waals surface area contributed by atoms with Gasteiger partial charge in [0, 0.05) is 0 Å². The average molecular weight is 213 g/mol. The third-order valence-electron chi connectivity index (χ3n) is 2.03. The van der Waals surface area contributed by atoms with E-state index in [4.69, 9.17) is 21.0 Å². The molecule has 6 heteroatoms. The van der Waals surface area contributed by atoms with Crippen molar-refractivity contribution in [1.29, 1.82) is 0 Å². The molecule has 6 nitrogen and oxygen atoms in total. The Kier molecular flexibility index (Phi) is 4.26. The van der Waals surface area contributed by atoms with E-state index in [1.54, 1.807) is 0 Å². The number of carboxylic acids is 1. The second-order valence-corrected chi connectivity index (χ2v) is 3.27. The Balaban J connectivity index is 2.50. The van der Waals surface area contributed by atoms with Gasteiger partial charge in [-0.15, -0.1) is 0 Å². The first-order chi connectivity index (χ1) is 7.15. The zero-order valence-electron chi connectivity index (χ0n) is 8.35. The molecule has 0 spiro atoms. The third kappa shape index (κ3) is 3.34. The fourth-order valence-electron chi connectivity index (χ4n) is 1.19. The first-order valence-corrected chi connectivity index (χ1v) is 4.79.